The van der Waals surface area contributed by atoms with Gasteiger partial charge >= 0.3 is 0 Å². The number of carbonyl (C=O) groups excluding carboxylic acids is 4. The van der Waals surface area contributed by atoms with Crippen LogP contribution in [0, 0.1) is 29.5 Å². The van der Waals surface area contributed by atoms with Gasteiger partial charge in [-0.1, -0.05) is 72.5 Å². The molecule has 6 aliphatic carbocycles. The molecule has 0 radical (unpaired) electrons. The number of hydrogen-bond donors (Lipinski definition) is 7. The third kappa shape index (κ3) is 14.7. The van der Waals surface area contributed by atoms with E-state index in [1.165, 1.54) is 39.2 Å². The number of rotatable bonds is 19. The maximum absolute atomic E-state index is 13.5. The normalized spacial score (nSPS) is 21.9. The second-order valence-corrected chi connectivity index (χ2v) is 32.2. The highest BCUT2D eigenvalue weighted by atomic mass is 19.1. The Labute approximate surface area is 665 Å². The number of nitrogen functional groups attached to an aromatic ring is 3. The Bertz CT molecular complexity index is 5870. The first-order valence-corrected chi connectivity index (χ1v) is 39.0. The number of amides is 3. The number of anilines is 3. The first-order valence-electron chi connectivity index (χ1n) is 39.0. The summed E-state index contributed by atoms with van der Waals surface area (Å²) in [5.41, 5.74) is 25.3. The fraction of sp³-hybridized carbons (Fsp3) is 0.319. The second-order valence-electron chi connectivity index (χ2n) is 32.2. The summed E-state index contributed by atoms with van der Waals surface area (Å²) in [4.78, 5) is 78.7. The van der Waals surface area contributed by atoms with Crippen LogP contribution in [0.25, 0.3) is 50.3 Å². The van der Waals surface area contributed by atoms with Crippen molar-refractivity contribution in [2.24, 2.45) is 0 Å². The number of ether oxygens (including phenoxy) is 3. The maximum atomic E-state index is 13.5. The minimum atomic E-state index is -1.41. The number of aliphatic hydroxyl groups is 1. The van der Waals surface area contributed by atoms with Crippen LogP contribution in [0.2, 0.25) is 0 Å². The molecular weight excluding hydrogens is 1450 g/mol. The Balaban J connectivity index is 0.000000130. The molecule has 3 amide bonds. The number of hydrogen-bond acceptors (Lipinski definition) is 17. The number of benzene rings is 6. The average molecular weight is 1540 g/mol. The first-order chi connectivity index (χ1) is 55.4. The van der Waals surface area contributed by atoms with E-state index in [0.29, 0.717) is 29.4 Å². The van der Waals surface area contributed by atoms with Gasteiger partial charge in [0.15, 0.2) is 5.78 Å². The van der Waals surface area contributed by atoms with E-state index in [-0.39, 0.29) is 68.5 Å². The number of carbonyl (C=O) groups is 4. The maximum Gasteiger partial charge on any atom is 0.296 e. The van der Waals surface area contributed by atoms with Crippen molar-refractivity contribution in [3.8, 4) is 86.2 Å². The van der Waals surface area contributed by atoms with E-state index in [1.807, 2.05) is 152 Å². The van der Waals surface area contributed by atoms with Gasteiger partial charge in [0.05, 0.1) is 12.7 Å². The number of aromatic nitrogens is 9. The molecule has 115 heavy (non-hydrogen) atoms. The summed E-state index contributed by atoms with van der Waals surface area (Å²) >= 11 is 0. The molecule has 12 aromatic rings. The zero-order valence-electron chi connectivity index (χ0n) is 64.9. The van der Waals surface area contributed by atoms with Crippen LogP contribution in [-0.4, -0.2) is 101 Å². The number of nitrogens with zero attached hydrogens (tertiary/aromatic N) is 9. The summed E-state index contributed by atoms with van der Waals surface area (Å²) in [6.07, 6.45) is 25.0. The minimum absolute atomic E-state index is 0.110. The van der Waals surface area contributed by atoms with Crippen molar-refractivity contribution in [2.45, 2.75) is 175 Å². The lowest BCUT2D eigenvalue weighted by molar-refractivity contribution is -0.138. The fourth-order valence-electron chi connectivity index (χ4n) is 18.9. The zero-order chi connectivity index (χ0) is 80.1. The van der Waals surface area contributed by atoms with Crippen LogP contribution in [0.1, 0.15) is 164 Å². The average Bonchev–Trinajstić information content (AvgIpc) is 1.59. The van der Waals surface area contributed by atoms with Crippen molar-refractivity contribution in [3.05, 3.63) is 223 Å². The minimum Gasteiger partial charge on any atom is -0.496 e. The molecular formula is C91H90FN15O8. The summed E-state index contributed by atoms with van der Waals surface area (Å²) in [7, 11) is 1.42. The van der Waals surface area contributed by atoms with Crippen LogP contribution in [0.15, 0.2) is 189 Å². The van der Waals surface area contributed by atoms with Gasteiger partial charge in [-0.3, -0.25) is 32.4 Å². The molecule has 0 saturated heterocycles. The van der Waals surface area contributed by atoms with Gasteiger partial charge in [-0.05, 0) is 233 Å². The zero-order valence-corrected chi connectivity index (χ0v) is 64.9. The second kappa shape index (κ2) is 30.2. The number of aryl methyl sites for hydroxylation is 1. The van der Waals surface area contributed by atoms with Gasteiger partial charge in [-0.25, -0.2) is 34.3 Å². The third-order valence-electron chi connectivity index (χ3n) is 24.4. The summed E-state index contributed by atoms with van der Waals surface area (Å²) in [6, 6.07) is 47.0. The summed E-state index contributed by atoms with van der Waals surface area (Å²) in [6.45, 7) is 6.40. The lowest BCUT2D eigenvalue weighted by Crippen LogP contribution is -2.52. The van der Waals surface area contributed by atoms with E-state index in [4.69, 9.17) is 46.4 Å². The molecule has 0 atom stereocenters. The molecule has 10 N–H and O–H groups in total. The Morgan fingerprint density at radius 3 is 1.21 bits per heavy atom. The highest BCUT2D eigenvalue weighted by Crippen LogP contribution is 2.61. The molecule has 6 aromatic carbocycles. The van der Waals surface area contributed by atoms with Crippen molar-refractivity contribution in [1.29, 1.82) is 0 Å². The quantitative estimate of drug-likeness (QED) is 0.0292. The molecule has 0 spiro atoms. The SMILES string of the molecule is CC#CC(=O)NC12CCC(c3nc(-c4ccc(CCC(=O)c5ccc(F)cc5OC)cc4)c4c(N)nccn34)(CC1)C2.CC#CC(=O)NC12CCC(c3nc(-c4ccc(Oc5ccccc5)cc4)c4c(N)nccn34)(CC1)C2.CC(C)(O)C(=O)NC12CCC(c3nc(-c4ccc(Oc5ccccc5)cc4)c4c(N)nccn34)(CC1)C2. The van der Waals surface area contributed by atoms with Gasteiger partial charge in [0.1, 0.15) is 109 Å². The lowest BCUT2D eigenvalue weighted by Gasteiger charge is -2.31. The van der Waals surface area contributed by atoms with Crippen LogP contribution in [0.3, 0.4) is 0 Å². The van der Waals surface area contributed by atoms with Crippen molar-refractivity contribution < 1.29 is 42.9 Å². The molecule has 0 aliphatic heterocycles. The van der Waals surface area contributed by atoms with Crippen molar-refractivity contribution in [1.82, 2.24) is 59.1 Å². The molecule has 584 valence electrons. The first kappa shape index (κ1) is 76.1. The number of Topliss-reactive ketones (excluding diaryl/α,β-unsaturated/α-hetero) is 1. The largest absolute Gasteiger partial charge is 0.496 e. The molecule has 24 heteroatoms. The monoisotopic (exact) mass is 1540 g/mol. The Morgan fingerprint density at radius 1 is 0.496 bits per heavy atom. The van der Waals surface area contributed by atoms with Crippen molar-refractivity contribution in [3.63, 3.8) is 0 Å². The molecule has 6 saturated carbocycles. The van der Waals surface area contributed by atoms with Gasteiger partial charge in [-0.2, -0.15) is 0 Å². The highest BCUT2D eigenvalue weighted by Gasteiger charge is 2.60. The van der Waals surface area contributed by atoms with Crippen LogP contribution in [0.5, 0.6) is 28.7 Å². The Morgan fingerprint density at radius 2 is 0.852 bits per heavy atom. The van der Waals surface area contributed by atoms with Gasteiger partial charge in [0, 0.05) is 99.2 Å². The molecule has 6 aromatic heterocycles. The number of ketones is 1. The number of methoxy groups -OCH3 is 1. The number of halogens is 1. The van der Waals surface area contributed by atoms with Gasteiger partial charge in [-0.15, -0.1) is 0 Å². The van der Waals surface area contributed by atoms with Crippen LogP contribution >= 0.6 is 0 Å². The molecule has 6 fully saturated rings. The van der Waals surface area contributed by atoms with E-state index in [1.54, 1.807) is 32.4 Å². The van der Waals surface area contributed by atoms with Crippen LogP contribution in [-0.2, 0) is 37.0 Å². The predicted molar refractivity (Wildman–Crippen MR) is 437 cm³/mol. The van der Waals surface area contributed by atoms with E-state index < -0.39 is 11.4 Å². The standard InChI is InChI=1S/C33H32FN5O3.C29H31N5O3.C29H27N5O2/c1-3-4-27(41)38-33-15-13-32(20-33,14-16-33)31-37-28(29-30(35)36-17-18-39(29)31)22-8-5-21(6-9-22)7-12-25(40)24-11-10-23(34)19-26(24)42-2;1-27(2,36)26(35)33-29-14-12-28(18-29,13-15-29)25-32-22(23-24(30)31-16-17-34(23)25)19-8-10-21(11-9-19)37-20-6-4-3-5-7-20;1-2-6-23(35)33-29-15-13-28(19-29,14-16-29)27-32-24(25-26(30)31-17-18-34(25)27)20-9-11-22(12-10-20)36-21-7-4-3-5-8-21/h5-6,8-11,17-19H,7,12-16,20H2,1-2H3,(H2,35,36)(H,38,41);3-11,16-17,36H,12-15,18H2,1-2H3,(H2,30,31)(H,33,35);3-5,7-12,17-18H,13-16,19H2,1H3,(H2,30,31)(H,33,35). The molecule has 23 nitrogen and oxygen atoms in total. The number of fused-ring (bicyclic) bond motifs is 9. The van der Waals surface area contributed by atoms with E-state index >= 15 is 0 Å². The lowest BCUT2D eigenvalue weighted by atomic mass is 9.83. The summed E-state index contributed by atoms with van der Waals surface area (Å²) in [5.74, 6) is 16.8. The van der Waals surface area contributed by atoms with Gasteiger partial charge < -0.3 is 52.5 Å². The summed E-state index contributed by atoms with van der Waals surface area (Å²) < 4.78 is 36.9. The number of nitrogens with two attached hydrogens (primary N) is 3. The highest BCUT2D eigenvalue weighted by molar-refractivity contribution is 5.99. The third-order valence-corrected chi connectivity index (χ3v) is 24.4. The van der Waals surface area contributed by atoms with E-state index in [0.717, 1.165) is 193 Å². The summed E-state index contributed by atoms with van der Waals surface area (Å²) in [5, 5.41) is 19.8. The van der Waals surface area contributed by atoms with E-state index in [9.17, 15) is 28.7 Å². The smallest absolute Gasteiger partial charge is 0.296 e. The van der Waals surface area contributed by atoms with Crippen molar-refractivity contribution in [2.75, 3.05) is 24.3 Å². The Hall–Kier alpha value is -12.9. The van der Waals surface area contributed by atoms with Crippen molar-refractivity contribution >= 4 is 57.5 Å². The molecule has 18 rings (SSSR count). The molecule has 6 heterocycles. The van der Waals surface area contributed by atoms with Crippen LogP contribution < -0.4 is 47.4 Å². The van der Waals surface area contributed by atoms with E-state index in [2.05, 4.69) is 67.8 Å². The molecule has 6 bridgehead atoms. The Kier molecular flexibility index (Phi) is 20.0. The fourth-order valence-corrected chi connectivity index (χ4v) is 18.9. The van der Waals surface area contributed by atoms with Gasteiger partial charge in [0.25, 0.3) is 17.7 Å². The number of imidazole rings is 3. The number of para-hydroxylation sites is 2. The van der Waals surface area contributed by atoms with Gasteiger partial charge in [0.2, 0.25) is 0 Å². The van der Waals surface area contributed by atoms with Crippen LogP contribution in [0.4, 0.5) is 21.8 Å². The number of nitrogens with one attached hydrogen (secondary N) is 3. The molecule has 0 unspecified atom stereocenters. The molecule has 6 aliphatic rings. The predicted octanol–water partition coefficient (Wildman–Crippen LogP) is 14.5. The topological polar surface area (TPSA) is 321 Å².